The summed E-state index contributed by atoms with van der Waals surface area (Å²) in [6, 6.07) is 18.5. The van der Waals surface area contributed by atoms with E-state index in [1.54, 1.807) is 4.90 Å². The number of ether oxygens (including phenoxy) is 1. The van der Waals surface area contributed by atoms with Crippen LogP contribution in [0.1, 0.15) is 64.2 Å². The Morgan fingerprint density at radius 1 is 0.943 bits per heavy atom. The number of anilines is 1. The van der Waals surface area contributed by atoms with Crippen molar-refractivity contribution < 1.29 is 13.9 Å². The van der Waals surface area contributed by atoms with Gasteiger partial charge >= 0.3 is 0 Å². The van der Waals surface area contributed by atoms with Crippen molar-refractivity contribution in [1.29, 1.82) is 0 Å². The van der Waals surface area contributed by atoms with E-state index in [0.717, 1.165) is 40.8 Å². The highest BCUT2D eigenvalue weighted by Crippen LogP contribution is 2.42. The summed E-state index contributed by atoms with van der Waals surface area (Å²) in [7, 11) is 0. The van der Waals surface area contributed by atoms with E-state index in [4.69, 9.17) is 9.15 Å². The summed E-state index contributed by atoms with van der Waals surface area (Å²) in [5.74, 6) is 0.509. The van der Waals surface area contributed by atoms with Gasteiger partial charge in [0.1, 0.15) is 11.3 Å². The molecule has 1 atom stereocenters. The number of amides is 1. The molecule has 0 aliphatic carbocycles. The Morgan fingerprint density at radius 3 is 2.43 bits per heavy atom. The molecule has 5 heteroatoms. The molecule has 0 saturated heterocycles. The molecule has 0 bridgehead atoms. The second-order valence-corrected chi connectivity index (χ2v) is 9.29. The summed E-state index contributed by atoms with van der Waals surface area (Å²) in [4.78, 5) is 29.3. The van der Waals surface area contributed by atoms with E-state index in [9.17, 15) is 9.59 Å². The van der Waals surface area contributed by atoms with Gasteiger partial charge in [0.15, 0.2) is 5.43 Å². The molecule has 0 spiro atoms. The normalized spacial score (nSPS) is 15.0. The van der Waals surface area contributed by atoms with Crippen molar-refractivity contribution in [2.45, 2.75) is 46.6 Å². The zero-order valence-electron chi connectivity index (χ0n) is 20.6. The van der Waals surface area contributed by atoms with Crippen molar-refractivity contribution in [2.24, 2.45) is 0 Å². The Hall–Kier alpha value is -3.86. The first-order valence-corrected chi connectivity index (χ1v) is 12.1. The van der Waals surface area contributed by atoms with E-state index in [1.165, 1.54) is 0 Å². The molecular weight excluding hydrogens is 438 g/mol. The van der Waals surface area contributed by atoms with E-state index >= 15 is 0 Å². The molecule has 0 saturated carbocycles. The molecule has 178 valence electrons. The molecule has 0 radical (unpaired) electrons. The van der Waals surface area contributed by atoms with Crippen LogP contribution in [0, 0.1) is 20.8 Å². The highest BCUT2D eigenvalue weighted by molar-refractivity contribution is 6.10. The first-order valence-electron chi connectivity index (χ1n) is 12.1. The zero-order valence-corrected chi connectivity index (χ0v) is 20.6. The minimum Gasteiger partial charge on any atom is -0.494 e. The second-order valence-electron chi connectivity index (χ2n) is 9.29. The molecule has 35 heavy (non-hydrogen) atoms. The zero-order chi connectivity index (χ0) is 24.7. The molecule has 1 aliphatic rings. The first kappa shape index (κ1) is 22.9. The van der Waals surface area contributed by atoms with Crippen LogP contribution >= 0.6 is 0 Å². The number of unbranched alkanes of at least 4 members (excludes halogenated alkanes) is 1. The lowest BCUT2D eigenvalue weighted by Gasteiger charge is -2.25. The number of fused-ring (bicyclic) bond motifs is 2. The highest BCUT2D eigenvalue weighted by atomic mass is 16.5. The number of hydrogen-bond acceptors (Lipinski definition) is 4. The summed E-state index contributed by atoms with van der Waals surface area (Å²) in [5, 5.41) is 0.491. The fourth-order valence-corrected chi connectivity index (χ4v) is 4.62. The van der Waals surface area contributed by atoms with Crippen LogP contribution in [0.15, 0.2) is 69.9 Å². The number of carbonyl (C=O) groups excluding carboxylic acids is 1. The van der Waals surface area contributed by atoms with Crippen LogP contribution in [0.25, 0.3) is 11.0 Å². The third-order valence-electron chi connectivity index (χ3n) is 6.74. The predicted molar refractivity (Wildman–Crippen MR) is 139 cm³/mol. The largest absolute Gasteiger partial charge is 0.494 e. The lowest BCUT2D eigenvalue weighted by Crippen LogP contribution is -2.29. The van der Waals surface area contributed by atoms with Gasteiger partial charge in [-0.25, -0.2) is 0 Å². The van der Waals surface area contributed by atoms with Crippen LogP contribution in [-0.4, -0.2) is 12.5 Å². The van der Waals surface area contributed by atoms with E-state index in [-0.39, 0.29) is 17.1 Å². The Labute approximate surface area is 205 Å². The predicted octanol–water partition coefficient (Wildman–Crippen LogP) is 6.65. The molecule has 0 fully saturated rings. The van der Waals surface area contributed by atoms with Crippen LogP contribution in [0.3, 0.4) is 0 Å². The Morgan fingerprint density at radius 2 is 1.69 bits per heavy atom. The number of carbonyl (C=O) groups is 1. The number of hydrogen-bond donors (Lipinski definition) is 0. The molecule has 1 amide bonds. The van der Waals surface area contributed by atoms with Gasteiger partial charge in [-0.05, 0) is 80.3 Å². The maximum atomic E-state index is 13.9. The first-order chi connectivity index (χ1) is 16.9. The quantitative estimate of drug-likeness (QED) is 0.298. The average Bonchev–Trinajstić information content (AvgIpc) is 3.14. The van der Waals surface area contributed by atoms with Gasteiger partial charge in [-0.15, -0.1) is 0 Å². The summed E-state index contributed by atoms with van der Waals surface area (Å²) < 4.78 is 12.1. The van der Waals surface area contributed by atoms with E-state index in [2.05, 4.69) is 6.92 Å². The molecule has 4 aromatic rings. The lowest BCUT2D eigenvalue weighted by molar-refractivity contribution is 0.0971. The minimum absolute atomic E-state index is 0.105. The highest BCUT2D eigenvalue weighted by Gasteiger charge is 2.43. The van der Waals surface area contributed by atoms with Crippen LogP contribution in [-0.2, 0) is 0 Å². The van der Waals surface area contributed by atoms with Crippen molar-refractivity contribution >= 4 is 22.6 Å². The Kier molecular flexibility index (Phi) is 5.93. The van der Waals surface area contributed by atoms with Gasteiger partial charge in [0, 0.05) is 5.69 Å². The number of aryl methyl sites for hydroxylation is 3. The topological polar surface area (TPSA) is 59.8 Å². The number of benzene rings is 3. The molecule has 2 heterocycles. The Bertz CT molecular complexity index is 1480. The van der Waals surface area contributed by atoms with Gasteiger partial charge in [-0.2, -0.15) is 0 Å². The van der Waals surface area contributed by atoms with Crippen LogP contribution in [0.4, 0.5) is 5.69 Å². The molecular formula is C30H29NO4. The summed E-state index contributed by atoms with van der Waals surface area (Å²) >= 11 is 0. The van der Waals surface area contributed by atoms with Crippen LogP contribution < -0.4 is 15.1 Å². The monoisotopic (exact) mass is 467 g/mol. The van der Waals surface area contributed by atoms with Crippen LogP contribution in [0.2, 0.25) is 0 Å². The van der Waals surface area contributed by atoms with Crippen molar-refractivity contribution in [3.8, 4) is 5.75 Å². The molecule has 3 aromatic carbocycles. The fraction of sp³-hybridized carbons (Fsp3) is 0.267. The molecule has 1 aromatic heterocycles. The fourth-order valence-electron chi connectivity index (χ4n) is 4.62. The SMILES string of the molecule is CCCCOc1cccc(C2c3c(oc4cc(C)c(C)cc4c3=O)C(=O)N2c2ccc(C)cc2)c1. The van der Waals surface area contributed by atoms with Gasteiger partial charge in [0.05, 0.1) is 23.6 Å². The van der Waals surface area contributed by atoms with Crippen molar-refractivity contribution in [2.75, 3.05) is 11.5 Å². The van der Waals surface area contributed by atoms with Crippen LogP contribution in [0.5, 0.6) is 5.75 Å². The van der Waals surface area contributed by atoms with Gasteiger partial charge in [-0.3, -0.25) is 14.5 Å². The molecule has 0 N–H and O–H groups in total. The molecule has 5 nitrogen and oxygen atoms in total. The minimum atomic E-state index is -0.614. The number of rotatable bonds is 6. The third kappa shape index (κ3) is 4.01. The van der Waals surface area contributed by atoms with E-state index in [0.29, 0.717) is 28.8 Å². The van der Waals surface area contributed by atoms with Gasteiger partial charge in [-0.1, -0.05) is 43.2 Å². The maximum absolute atomic E-state index is 13.9. The van der Waals surface area contributed by atoms with E-state index < -0.39 is 6.04 Å². The smallest absolute Gasteiger partial charge is 0.295 e. The summed E-state index contributed by atoms with van der Waals surface area (Å²) in [6.45, 7) is 8.68. The van der Waals surface area contributed by atoms with E-state index in [1.807, 2.05) is 81.4 Å². The third-order valence-corrected chi connectivity index (χ3v) is 6.74. The Balaban J connectivity index is 1.73. The van der Waals surface area contributed by atoms with Crippen molar-refractivity contribution in [1.82, 2.24) is 0 Å². The molecule has 1 unspecified atom stereocenters. The standard InChI is InChI=1S/C30H29NO4/c1-5-6-14-34-23-9-7-8-21(17-23)27-26-28(32)24-15-19(3)20(4)16-25(24)35-29(26)30(33)31(27)22-12-10-18(2)11-13-22/h7-13,15-17,27H,5-6,14H2,1-4H3. The number of nitrogens with zero attached hydrogens (tertiary/aromatic N) is 1. The van der Waals surface area contributed by atoms with Gasteiger partial charge in [0.25, 0.3) is 5.91 Å². The van der Waals surface area contributed by atoms with Crippen molar-refractivity contribution in [3.63, 3.8) is 0 Å². The molecule has 5 rings (SSSR count). The van der Waals surface area contributed by atoms with Crippen molar-refractivity contribution in [3.05, 3.63) is 104 Å². The average molecular weight is 468 g/mol. The maximum Gasteiger partial charge on any atom is 0.295 e. The van der Waals surface area contributed by atoms with Gasteiger partial charge < -0.3 is 9.15 Å². The summed E-state index contributed by atoms with van der Waals surface area (Å²) in [6.07, 6.45) is 2.00. The second kappa shape index (κ2) is 9.06. The lowest BCUT2D eigenvalue weighted by atomic mass is 9.97. The molecule has 1 aliphatic heterocycles. The van der Waals surface area contributed by atoms with Gasteiger partial charge in [0.2, 0.25) is 5.76 Å². The summed E-state index contributed by atoms with van der Waals surface area (Å²) in [5.41, 5.74) is 5.26.